The molecule has 1 aromatic heterocycles. The van der Waals surface area contributed by atoms with Crippen LogP contribution in [-0.4, -0.2) is 54.5 Å². The number of hydrogen-bond acceptors (Lipinski definition) is 5. The van der Waals surface area contributed by atoms with Gasteiger partial charge in [0.15, 0.2) is 5.96 Å². The van der Waals surface area contributed by atoms with Crippen molar-refractivity contribution in [1.82, 2.24) is 20.5 Å². The summed E-state index contributed by atoms with van der Waals surface area (Å²) in [7, 11) is 0. The number of aliphatic imine (C=N–C) groups is 1. The summed E-state index contributed by atoms with van der Waals surface area (Å²) in [5.41, 5.74) is 5.39. The number of nitrogens with zero attached hydrogens (tertiary/aromatic N) is 3. The fraction of sp³-hybridized carbons (Fsp3) is 0.737. The highest BCUT2D eigenvalue weighted by molar-refractivity contribution is 7.11. The Bertz CT molecular complexity index is 595. The average Bonchev–Trinajstić information content (AvgIpc) is 3.14. The molecule has 1 amide bonds. The number of guanidine groups is 1. The van der Waals surface area contributed by atoms with Crippen LogP contribution < -0.4 is 16.4 Å². The normalized spacial score (nSPS) is 16.4. The Hall–Kier alpha value is -1.67. The van der Waals surface area contributed by atoms with Crippen LogP contribution in [0.25, 0.3) is 0 Å². The largest absolute Gasteiger partial charge is 0.369 e. The average molecular weight is 395 g/mol. The van der Waals surface area contributed by atoms with Gasteiger partial charge in [0.25, 0.3) is 0 Å². The predicted molar refractivity (Wildman–Crippen MR) is 112 cm³/mol. The molecule has 152 valence electrons. The number of nitrogens with two attached hydrogens (primary N) is 1. The van der Waals surface area contributed by atoms with Crippen LogP contribution in [0.1, 0.15) is 49.4 Å². The molecule has 4 N–H and O–H groups in total. The smallest absolute Gasteiger partial charge is 0.220 e. The Kier molecular flexibility index (Phi) is 9.55. The lowest BCUT2D eigenvalue weighted by Crippen LogP contribution is -2.39. The quantitative estimate of drug-likeness (QED) is 0.319. The lowest BCUT2D eigenvalue weighted by Gasteiger charge is -2.30. The number of carbonyl (C=O) groups excluding carboxylic acids is 1. The fourth-order valence-electron chi connectivity index (χ4n) is 3.18. The number of likely N-dealkylation sites (tertiary alicyclic amines) is 1. The van der Waals surface area contributed by atoms with E-state index in [0.29, 0.717) is 6.54 Å². The molecule has 0 aliphatic carbocycles. The Labute approximate surface area is 166 Å². The molecule has 2 heterocycles. The monoisotopic (exact) mass is 394 g/mol. The summed E-state index contributed by atoms with van der Waals surface area (Å²) in [5, 5.41) is 7.76. The summed E-state index contributed by atoms with van der Waals surface area (Å²) in [6.45, 7) is 9.64. The standard InChI is InChI=1S/C19H34N6OS/c1-3-16-13-23-17(27-16)14-24-19(21-4-2)22-9-5-6-10-25-11-7-15(8-12-25)18(20)26/h13,15H,3-12,14H2,1-2H3,(H2,20,26)(H2,21,22,24). The van der Waals surface area contributed by atoms with E-state index in [1.807, 2.05) is 6.20 Å². The third-order valence-corrected chi connectivity index (χ3v) is 5.98. The van der Waals surface area contributed by atoms with Crippen molar-refractivity contribution in [3.05, 3.63) is 16.1 Å². The second-order valence-electron chi connectivity index (χ2n) is 6.92. The fourth-order valence-corrected chi connectivity index (χ4v) is 3.97. The van der Waals surface area contributed by atoms with Crippen molar-refractivity contribution in [2.75, 3.05) is 32.7 Å². The highest BCUT2D eigenvalue weighted by Gasteiger charge is 2.22. The maximum absolute atomic E-state index is 11.2. The number of hydrogen-bond donors (Lipinski definition) is 3. The van der Waals surface area contributed by atoms with Crippen LogP contribution in [0.3, 0.4) is 0 Å². The first kappa shape index (κ1) is 21.6. The third-order valence-electron chi connectivity index (χ3n) is 4.85. The number of nitrogens with one attached hydrogen (secondary N) is 2. The molecule has 1 aromatic rings. The summed E-state index contributed by atoms with van der Waals surface area (Å²) < 4.78 is 0. The highest BCUT2D eigenvalue weighted by Crippen LogP contribution is 2.17. The molecule has 7 nitrogen and oxygen atoms in total. The van der Waals surface area contributed by atoms with E-state index in [-0.39, 0.29) is 11.8 Å². The topological polar surface area (TPSA) is 95.6 Å². The molecular formula is C19H34N6OS. The van der Waals surface area contributed by atoms with Crippen LogP contribution in [0, 0.1) is 5.92 Å². The lowest BCUT2D eigenvalue weighted by molar-refractivity contribution is -0.123. The van der Waals surface area contributed by atoms with Crippen LogP contribution in [0.5, 0.6) is 0 Å². The lowest BCUT2D eigenvalue weighted by atomic mass is 9.96. The van der Waals surface area contributed by atoms with Crippen molar-refractivity contribution in [2.45, 2.75) is 52.5 Å². The van der Waals surface area contributed by atoms with E-state index in [0.717, 1.165) is 75.8 Å². The van der Waals surface area contributed by atoms with Crippen LogP contribution in [0.15, 0.2) is 11.2 Å². The molecule has 2 rings (SSSR count). The SMILES string of the molecule is CCNC(=NCc1ncc(CC)s1)NCCCCN1CCC(C(N)=O)CC1. The highest BCUT2D eigenvalue weighted by atomic mass is 32.1. The van der Waals surface area contributed by atoms with E-state index in [4.69, 9.17) is 5.73 Å². The zero-order chi connectivity index (χ0) is 19.5. The molecule has 8 heteroatoms. The van der Waals surface area contributed by atoms with Crippen LogP contribution in [-0.2, 0) is 17.8 Å². The van der Waals surface area contributed by atoms with E-state index < -0.39 is 0 Å². The van der Waals surface area contributed by atoms with Gasteiger partial charge in [-0.15, -0.1) is 11.3 Å². The number of thiazole rings is 1. The number of amides is 1. The minimum Gasteiger partial charge on any atom is -0.369 e. The first-order valence-corrected chi connectivity index (χ1v) is 10.9. The van der Waals surface area contributed by atoms with Gasteiger partial charge in [-0.05, 0) is 58.7 Å². The molecule has 0 saturated carbocycles. The van der Waals surface area contributed by atoms with Crippen LogP contribution in [0.2, 0.25) is 0 Å². The second kappa shape index (κ2) is 11.9. The maximum Gasteiger partial charge on any atom is 0.220 e. The Morgan fingerprint density at radius 2 is 2.11 bits per heavy atom. The van der Waals surface area contributed by atoms with Crippen molar-refractivity contribution in [3.63, 3.8) is 0 Å². The van der Waals surface area contributed by atoms with Gasteiger partial charge in [-0.2, -0.15) is 0 Å². The summed E-state index contributed by atoms with van der Waals surface area (Å²) in [6.07, 6.45) is 7.02. The van der Waals surface area contributed by atoms with Crippen molar-refractivity contribution < 1.29 is 4.79 Å². The molecule has 0 bridgehead atoms. The van der Waals surface area contributed by atoms with E-state index >= 15 is 0 Å². The molecule has 27 heavy (non-hydrogen) atoms. The molecule has 1 aliphatic rings. The van der Waals surface area contributed by atoms with Gasteiger partial charge in [-0.3, -0.25) is 4.79 Å². The second-order valence-corrected chi connectivity index (χ2v) is 8.12. The first-order chi connectivity index (χ1) is 13.1. The zero-order valence-corrected chi connectivity index (χ0v) is 17.5. The minimum absolute atomic E-state index is 0.0769. The van der Waals surface area contributed by atoms with Crippen molar-refractivity contribution in [2.24, 2.45) is 16.6 Å². The number of aromatic nitrogens is 1. The van der Waals surface area contributed by atoms with Crippen LogP contribution in [0.4, 0.5) is 0 Å². The Morgan fingerprint density at radius 1 is 1.33 bits per heavy atom. The maximum atomic E-state index is 11.2. The van der Waals surface area contributed by atoms with Gasteiger partial charge in [0.1, 0.15) is 5.01 Å². The number of piperidine rings is 1. The van der Waals surface area contributed by atoms with Crippen molar-refractivity contribution >= 4 is 23.2 Å². The van der Waals surface area contributed by atoms with Gasteiger partial charge in [0.05, 0.1) is 6.54 Å². The van der Waals surface area contributed by atoms with E-state index in [1.165, 1.54) is 4.88 Å². The molecule has 1 saturated heterocycles. The molecule has 0 aromatic carbocycles. The van der Waals surface area contributed by atoms with Gasteiger partial charge in [0, 0.05) is 30.1 Å². The summed E-state index contributed by atoms with van der Waals surface area (Å²) in [4.78, 5) is 24.0. The van der Waals surface area contributed by atoms with Gasteiger partial charge in [-0.25, -0.2) is 9.98 Å². The molecular weight excluding hydrogens is 360 g/mol. The summed E-state index contributed by atoms with van der Waals surface area (Å²) in [5.74, 6) is 0.791. The molecule has 0 spiro atoms. The number of aryl methyl sites for hydroxylation is 1. The Morgan fingerprint density at radius 3 is 2.74 bits per heavy atom. The van der Waals surface area contributed by atoms with Gasteiger partial charge >= 0.3 is 0 Å². The van der Waals surface area contributed by atoms with Crippen molar-refractivity contribution in [1.29, 1.82) is 0 Å². The van der Waals surface area contributed by atoms with Gasteiger partial charge in [-0.1, -0.05) is 6.92 Å². The van der Waals surface area contributed by atoms with Gasteiger partial charge < -0.3 is 21.3 Å². The van der Waals surface area contributed by atoms with E-state index in [1.54, 1.807) is 11.3 Å². The summed E-state index contributed by atoms with van der Waals surface area (Å²) >= 11 is 1.73. The molecule has 1 fully saturated rings. The number of carbonyl (C=O) groups is 1. The number of rotatable bonds is 10. The van der Waals surface area contributed by atoms with Gasteiger partial charge in [0.2, 0.25) is 5.91 Å². The summed E-state index contributed by atoms with van der Waals surface area (Å²) in [6, 6.07) is 0. The molecule has 0 unspecified atom stereocenters. The minimum atomic E-state index is -0.141. The zero-order valence-electron chi connectivity index (χ0n) is 16.7. The predicted octanol–water partition coefficient (Wildman–Crippen LogP) is 1.74. The molecule has 0 radical (unpaired) electrons. The van der Waals surface area contributed by atoms with Crippen molar-refractivity contribution in [3.8, 4) is 0 Å². The Balaban J connectivity index is 1.63. The molecule has 0 atom stereocenters. The molecule has 1 aliphatic heterocycles. The van der Waals surface area contributed by atoms with Crippen LogP contribution >= 0.6 is 11.3 Å². The van der Waals surface area contributed by atoms with E-state index in [2.05, 4.69) is 39.4 Å². The number of unbranched alkanes of at least 4 members (excludes halogenated alkanes) is 1. The number of primary amides is 1. The van der Waals surface area contributed by atoms with E-state index in [9.17, 15) is 4.79 Å². The third kappa shape index (κ3) is 7.84. The first-order valence-electron chi connectivity index (χ1n) is 10.1.